The predicted molar refractivity (Wildman–Crippen MR) is 156 cm³/mol. The number of amides is 3. The number of piperazine rings is 1. The smallest absolute Gasteiger partial charge is 0.407 e. The van der Waals surface area contributed by atoms with Crippen molar-refractivity contribution in [1.29, 1.82) is 0 Å². The summed E-state index contributed by atoms with van der Waals surface area (Å²) < 4.78 is 35.2. The number of hydrogen-bond acceptors (Lipinski definition) is 8. The van der Waals surface area contributed by atoms with Gasteiger partial charge in [-0.1, -0.05) is 0 Å². The molecule has 0 spiro atoms. The number of ether oxygens (including phenoxy) is 1. The van der Waals surface area contributed by atoms with Crippen molar-refractivity contribution in [3.05, 3.63) is 100 Å². The summed E-state index contributed by atoms with van der Waals surface area (Å²) in [6, 6.07) is 9.94. The summed E-state index contributed by atoms with van der Waals surface area (Å²) in [6.45, 7) is 0.643. The van der Waals surface area contributed by atoms with Crippen molar-refractivity contribution in [2.75, 3.05) is 37.2 Å². The summed E-state index contributed by atoms with van der Waals surface area (Å²) in [5.41, 5.74) is 5.03. The highest BCUT2D eigenvalue weighted by Gasteiger charge is 2.23. The fourth-order valence-corrected chi connectivity index (χ4v) is 4.31. The largest absolute Gasteiger partial charge is 0.465 e. The maximum absolute atomic E-state index is 15.1. The molecule has 4 N–H and O–H groups in total. The number of nitrogens with zero attached hydrogens (tertiary/aromatic N) is 5. The van der Waals surface area contributed by atoms with E-state index < -0.39 is 40.8 Å². The molecule has 0 radical (unpaired) electrons. The number of anilines is 2. The lowest BCUT2D eigenvalue weighted by atomic mass is 10.2. The van der Waals surface area contributed by atoms with E-state index in [1.165, 1.54) is 58.7 Å². The first-order chi connectivity index (χ1) is 21.6. The number of carbonyl (C=O) groups is 3. The summed E-state index contributed by atoms with van der Waals surface area (Å²) in [4.78, 5) is 59.7. The highest BCUT2D eigenvalue weighted by molar-refractivity contribution is 6.02. The lowest BCUT2D eigenvalue weighted by Crippen LogP contribution is -2.49. The van der Waals surface area contributed by atoms with Gasteiger partial charge in [0.25, 0.3) is 17.4 Å². The number of carbonyl (C=O) groups excluding carboxylic acids is 2. The summed E-state index contributed by atoms with van der Waals surface area (Å²) in [6.07, 6.45) is 2.79. The van der Waals surface area contributed by atoms with Crippen LogP contribution in [-0.4, -0.2) is 73.5 Å². The van der Waals surface area contributed by atoms with E-state index in [0.717, 1.165) is 22.8 Å². The zero-order valence-electron chi connectivity index (χ0n) is 23.2. The topological polar surface area (TPSA) is 173 Å². The molecule has 2 aromatic heterocycles. The fraction of sp³-hybridized carbons (Fsp3) is 0.133. The van der Waals surface area contributed by atoms with E-state index in [1.807, 2.05) is 0 Å². The number of nitrogens with one attached hydrogen (secondary N) is 1. The Balaban J connectivity index is 1.30. The molecule has 1 saturated heterocycles. The van der Waals surface area contributed by atoms with Crippen molar-refractivity contribution < 1.29 is 33.0 Å². The Morgan fingerprint density at radius 2 is 1.64 bits per heavy atom. The normalized spacial score (nSPS) is 12.6. The van der Waals surface area contributed by atoms with Gasteiger partial charge >= 0.3 is 6.09 Å². The van der Waals surface area contributed by atoms with E-state index >= 15 is 4.39 Å². The van der Waals surface area contributed by atoms with Crippen LogP contribution < -0.4 is 21.3 Å². The Bertz CT molecular complexity index is 1910. The molecule has 0 unspecified atom stereocenters. The quantitative estimate of drug-likeness (QED) is 0.285. The molecule has 2 aromatic carbocycles. The van der Waals surface area contributed by atoms with Gasteiger partial charge in [-0.15, -0.1) is 0 Å². The molecule has 1 aliphatic heterocycles. The van der Waals surface area contributed by atoms with Gasteiger partial charge in [0.15, 0.2) is 17.3 Å². The summed E-state index contributed by atoms with van der Waals surface area (Å²) >= 11 is 0. The van der Waals surface area contributed by atoms with Gasteiger partial charge in [-0.3, -0.25) is 19.0 Å². The van der Waals surface area contributed by atoms with Crippen LogP contribution in [0.1, 0.15) is 16.1 Å². The fourth-order valence-electron chi connectivity index (χ4n) is 4.31. The Labute approximate surface area is 253 Å². The van der Waals surface area contributed by atoms with Gasteiger partial charge in [0.1, 0.15) is 22.9 Å². The van der Waals surface area contributed by atoms with Gasteiger partial charge in [-0.2, -0.15) is 0 Å². The maximum atomic E-state index is 15.1. The first-order valence-corrected chi connectivity index (χ1v) is 13.3. The minimum atomic E-state index is -1.07. The van der Waals surface area contributed by atoms with Gasteiger partial charge in [0, 0.05) is 74.2 Å². The molecule has 4 aromatic rings. The highest BCUT2D eigenvalue weighted by atomic mass is 19.1. The molecular formula is C30H23F2N7O6. The van der Waals surface area contributed by atoms with Crippen LogP contribution >= 0.6 is 0 Å². The van der Waals surface area contributed by atoms with Gasteiger partial charge in [-0.05, 0) is 42.3 Å². The Morgan fingerprint density at radius 3 is 2.33 bits per heavy atom. The highest BCUT2D eigenvalue weighted by Crippen LogP contribution is 2.30. The number of nitrogens with two attached hydrogens (primary N) is 1. The summed E-state index contributed by atoms with van der Waals surface area (Å²) in [5, 5.41) is 11.5. The molecule has 45 heavy (non-hydrogen) atoms. The minimum Gasteiger partial charge on any atom is -0.465 e. The molecule has 0 bridgehead atoms. The molecule has 1 fully saturated rings. The number of carboxylic acid groups (broad SMARTS) is 1. The van der Waals surface area contributed by atoms with E-state index in [1.54, 1.807) is 0 Å². The van der Waals surface area contributed by atoms with E-state index in [-0.39, 0.29) is 54.7 Å². The second kappa shape index (κ2) is 12.9. The molecule has 3 heterocycles. The van der Waals surface area contributed by atoms with Crippen LogP contribution in [0.25, 0.3) is 5.69 Å². The number of halogens is 2. The van der Waals surface area contributed by atoms with Crippen LogP contribution in [0.15, 0.2) is 71.9 Å². The zero-order chi connectivity index (χ0) is 32.1. The van der Waals surface area contributed by atoms with Crippen molar-refractivity contribution in [2.45, 2.75) is 0 Å². The molecule has 1 aliphatic rings. The second-order valence-corrected chi connectivity index (χ2v) is 9.51. The predicted octanol–water partition coefficient (Wildman–Crippen LogP) is 2.71. The molecule has 13 nitrogen and oxygen atoms in total. The average Bonchev–Trinajstić information content (AvgIpc) is 3.02. The third-order valence-electron chi connectivity index (χ3n) is 6.64. The zero-order valence-corrected chi connectivity index (χ0v) is 23.2. The van der Waals surface area contributed by atoms with E-state index in [2.05, 4.69) is 27.1 Å². The number of aromatic nitrogens is 3. The third kappa shape index (κ3) is 6.86. The number of hydrogen-bond donors (Lipinski definition) is 3. The monoisotopic (exact) mass is 615 g/mol. The van der Waals surface area contributed by atoms with Crippen LogP contribution in [0.2, 0.25) is 0 Å². The number of benzene rings is 2. The van der Waals surface area contributed by atoms with Crippen molar-refractivity contribution in [3.63, 3.8) is 0 Å². The van der Waals surface area contributed by atoms with Crippen molar-refractivity contribution >= 4 is 29.4 Å². The number of nitrogen functional groups attached to an aromatic ring is 1. The molecule has 228 valence electrons. The molecule has 0 atom stereocenters. The van der Waals surface area contributed by atoms with Crippen LogP contribution in [0.4, 0.5) is 25.1 Å². The average molecular weight is 616 g/mol. The number of rotatable bonds is 5. The minimum absolute atomic E-state index is 0.00371. The third-order valence-corrected chi connectivity index (χ3v) is 6.64. The second-order valence-electron chi connectivity index (χ2n) is 9.51. The lowest BCUT2D eigenvalue weighted by Gasteiger charge is -2.31. The molecule has 15 heteroatoms. The van der Waals surface area contributed by atoms with Crippen molar-refractivity contribution in [3.8, 4) is 29.0 Å². The van der Waals surface area contributed by atoms with E-state index in [4.69, 9.17) is 15.6 Å². The van der Waals surface area contributed by atoms with Crippen LogP contribution in [-0.2, 0) is 4.79 Å². The van der Waals surface area contributed by atoms with E-state index in [0.29, 0.717) is 5.69 Å². The van der Waals surface area contributed by atoms with Gasteiger partial charge in [-0.25, -0.2) is 23.5 Å². The lowest BCUT2D eigenvalue weighted by molar-refractivity contribution is -0.126. The van der Waals surface area contributed by atoms with Crippen molar-refractivity contribution in [2.24, 2.45) is 0 Å². The SMILES string of the molecule is Nc1nccc(Oc2ccc(NC(=O)c3nccn(-c4ccc(F)cc4)c3=O)cc2F)c1C#CC(=O)N1CCN(C(=O)O)CC1. The van der Waals surface area contributed by atoms with Crippen molar-refractivity contribution in [1.82, 2.24) is 24.3 Å². The van der Waals surface area contributed by atoms with Crippen LogP contribution in [0.5, 0.6) is 11.5 Å². The van der Waals surface area contributed by atoms with Gasteiger partial charge < -0.3 is 30.7 Å². The maximum Gasteiger partial charge on any atom is 0.407 e. The molecule has 5 rings (SSSR count). The first-order valence-electron chi connectivity index (χ1n) is 13.3. The van der Waals surface area contributed by atoms with Gasteiger partial charge in [0.05, 0.1) is 0 Å². The molecule has 0 saturated carbocycles. The summed E-state index contributed by atoms with van der Waals surface area (Å²) in [7, 11) is 0. The standard InChI is InChI=1S/C30H23F2N7O6/c31-18-1-4-20(5-2-18)39-12-11-34-26(29(39)42)28(41)36-19-3-7-24(22(32)17-19)45-23-9-10-35-27(33)21(23)6-8-25(40)37-13-15-38(16-14-37)30(43)44/h1-5,7,9-12,17H,13-16H2,(H2,33,35)(H,36,41)(H,43,44). The first kappa shape index (κ1) is 30.2. The Morgan fingerprint density at radius 1 is 0.933 bits per heavy atom. The van der Waals surface area contributed by atoms with E-state index in [9.17, 15) is 23.6 Å². The number of pyridine rings is 1. The van der Waals surface area contributed by atoms with Crippen LogP contribution in [0.3, 0.4) is 0 Å². The molecule has 3 amide bonds. The molecular weight excluding hydrogens is 592 g/mol. The Kier molecular flexibility index (Phi) is 8.66. The summed E-state index contributed by atoms with van der Waals surface area (Å²) in [5.74, 6) is 1.87. The van der Waals surface area contributed by atoms with Crippen LogP contribution in [0, 0.1) is 23.5 Å². The van der Waals surface area contributed by atoms with Gasteiger partial charge in [0.2, 0.25) is 0 Å². The Hall–Kier alpha value is -6.30. The molecule has 0 aliphatic carbocycles.